The third-order valence-corrected chi connectivity index (χ3v) is 3.96. The molecule has 1 unspecified atom stereocenters. The van der Waals surface area contributed by atoms with E-state index in [1.807, 2.05) is 12.1 Å². The molecule has 0 aromatic carbocycles. The standard InChI is InChI=1S/C14H22N6O/c1-2-7-15-9-11-4-3-8-19(10-11)13-6-5-12-16-17-14(21)20(12)18-13/h5-6,11,15H,2-4,7-10H2,1H3,(H,17,21). The molecular weight excluding hydrogens is 268 g/mol. The molecule has 0 spiro atoms. The van der Waals surface area contributed by atoms with Crippen LogP contribution in [0, 0.1) is 5.92 Å². The second-order valence-corrected chi connectivity index (χ2v) is 5.65. The van der Waals surface area contributed by atoms with Crippen molar-refractivity contribution in [3.63, 3.8) is 0 Å². The van der Waals surface area contributed by atoms with E-state index in [1.54, 1.807) is 0 Å². The van der Waals surface area contributed by atoms with Crippen LogP contribution in [0.15, 0.2) is 16.9 Å². The van der Waals surface area contributed by atoms with Crippen molar-refractivity contribution < 1.29 is 0 Å². The van der Waals surface area contributed by atoms with Gasteiger partial charge < -0.3 is 10.2 Å². The zero-order chi connectivity index (χ0) is 14.7. The summed E-state index contributed by atoms with van der Waals surface area (Å²) >= 11 is 0. The molecule has 0 aliphatic carbocycles. The van der Waals surface area contributed by atoms with Crippen LogP contribution in [0.5, 0.6) is 0 Å². The first kappa shape index (κ1) is 14.1. The van der Waals surface area contributed by atoms with Gasteiger partial charge in [0, 0.05) is 13.1 Å². The van der Waals surface area contributed by atoms with E-state index in [0.717, 1.165) is 38.4 Å². The van der Waals surface area contributed by atoms with Crippen LogP contribution in [-0.4, -0.2) is 46.0 Å². The fourth-order valence-corrected chi connectivity index (χ4v) is 2.88. The van der Waals surface area contributed by atoms with Crippen LogP contribution in [-0.2, 0) is 0 Å². The van der Waals surface area contributed by atoms with Gasteiger partial charge >= 0.3 is 5.69 Å². The van der Waals surface area contributed by atoms with Gasteiger partial charge in [-0.05, 0) is 50.4 Å². The molecule has 3 rings (SSSR count). The molecule has 2 N–H and O–H groups in total. The number of aromatic nitrogens is 4. The minimum atomic E-state index is -0.287. The number of nitrogens with zero attached hydrogens (tertiary/aromatic N) is 4. The minimum absolute atomic E-state index is 0.287. The van der Waals surface area contributed by atoms with Crippen molar-refractivity contribution in [1.29, 1.82) is 0 Å². The maximum Gasteiger partial charge on any atom is 0.364 e. The van der Waals surface area contributed by atoms with Gasteiger partial charge in [0.1, 0.15) is 5.82 Å². The minimum Gasteiger partial charge on any atom is -0.355 e. The van der Waals surface area contributed by atoms with E-state index in [4.69, 9.17) is 0 Å². The number of aromatic amines is 1. The Morgan fingerprint density at radius 2 is 2.38 bits per heavy atom. The Bertz CT molecular complexity index is 648. The monoisotopic (exact) mass is 290 g/mol. The zero-order valence-corrected chi connectivity index (χ0v) is 12.4. The molecule has 114 valence electrons. The molecule has 3 heterocycles. The van der Waals surface area contributed by atoms with Gasteiger partial charge in [-0.1, -0.05) is 6.92 Å². The maximum atomic E-state index is 11.6. The Balaban J connectivity index is 1.72. The van der Waals surface area contributed by atoms with E-state index >= 15 is 0 Å². The van der Waals surface area contributed by atoms with Gasteiger partial charge in [0.15, 0.2) is 5.65 Å². The molecule has 21 heavy (non-hydrogen) atoms. The third kappa shape index (κ3) is 3.07. The van der Waals surface area contributed by atoms with Crippen LogP contribution in [0.2, 0.25) is 0 Å². The van der Waals surface area contributed by atoms with Crippen molar-refractivity contribution in [2.45, 2.75) is 26.2 Å². The van der Waals surface area contributed by atoms with Crippen molar-refractivity contribution >= 4 is 11.5 Å². The van der Waals surface area contributed by atoms with Crippen LogP contribution in [0.25, 0.3) is 5.65 Å². The first-order valence-electron chi connectivity index (χ1n) is 7.68. The summed E-state index contributed by atoms with van der Waals surface area (Å²) in [5, 5.41) is 14.2. The molecule has 1 atom stereocenters. The number of H-pyrrole nitrogens is 1. The lowest BCUT2D eigenvalue weighted by Crippen LogP contribution is -2.40. The molecule has 7 heteroatoms. The van der Waals surface area contributed by atoms with Gasteiger partial charge in [0.25, 0.3) is 0 Å². The van der Waals surface area contributed by atoms with Gasteiger partial charge in [0.05, 0.1) is 0 Å². The van der Waals surface area contributed by atoms with E-state index in [9.17, 15) is 4.79 Å². The smallest absolute Gasteiger partial charge is 0.355 e. The Morgan fingerprint density at radius 3 is 3.24 bits per heavy atom. The summed E-state index contributed by atoms with van der Waals surface area (Å²) in [6, 6.07) is 3.77. The molecule has 2 aromatic rings. The molecule has 1 saturated heterocycles. The van der Waals surface area contributed by atoms with Gasteiger partial charge in [-0.25, -0.2) is 9.89 Å². The molecule has 0 radical (unpaired) electrons. The summed E-state index contributed by atoms with van der Waals surface area (Å²) in [4.78, 5) is 13.9. The lowest BCUT2D eigenvalue weighted by atomic mass is 9.98. The highest BCUT2D eigenvalue weighted by molar-refractivity contribution is 5.45. The summed E-state index contributed by atoms with van der Waals surface area (Å²) < 4.78 is 1.33. The highest BCUT2D eigenvalue weighted by atomic mass is 16.2. The first-order valence-corrected chi connectivity index (χ1v) is 7.68. The largest absolute Gasteiger partial charge is 0.364 e. The second-order valence-electron chi connectivity index (χ2n) is 5.65. The number of hydrogen-bond acceptors (Lipinski definition) is 5. The van der Waals surface area contributed by atoms with Crippen molar-refractivity contribution in [1.82, 2.24) is 25.1 Å². The molecule has 0 saturated carbocycles. The molecule has 0 bridgehead atoms. The quantitative estimate of drug-likeness (QED) is 0.790. The van der Waals surface area contributed by atoms with Crippen molar-refractivity contribution in [2.24, 2.45) is 5.92 Å². The average molecular weight is 290 g/mol. The van der Waals surface area contributed by atoms with Crippen LogP contribution in [0.1, 0.15) is 26.2 Å². The summed E-state index contributed by atoms with van der Waals surface area (Å²) in [6.45, 7) is 6.29. The predicted octanol–water partition coefficient (Wildman–Crippen LogP) is 0.634. The van der Waals surface area contributed by atoms with Crippen LogP contribution in [0.3, 0.4) is 0 Å². The van der Waals surface area contributed by atoms with Crippen molar-refractivity contribution in [3.8, 4) is 0 Å². The Labute approximate surface area is 123 Å². The normalized spacial score (nSPS) is 19.3. The summed E-state index contributed by atoms with van der Waals surface area (Å²) in [7, 11) is 0. The first-order chi connectivity index (χ1) is 10.3. The highest BCUT2D eigenvalue weighted by Crippen LogP contribution is 2.21. The molecular formula is C14H22N6O. The summed E-state index contributed by atoms with van der Waals surface area (Å²) in [5.74, 6) is 1.50. The van der Waals surface area contributed by atoms with Crippen LogP contribution in [0.4, 0.5) is 5.82 Å². The van der Waals surface area contributed by atoms with Crippen LogP contribution < -0.4 is 15.9 Å². The Kier molecular flexibility index (Phi) is 4.19. The van der Waals surface area contributed by atoms with Gasteiger partial charge in [0.2, 0.25) is 0 Å². The number of piperidine rings is 1. The SMILES string of the molecule is CCCNCC1CCCN(c2ccc3n[nH]c(=O)n3n2)C1. The fourth-order valence-electron chi connectivity index (χ4n) is 2.88. The average Bonchev–Trinajstić information content (AvgIpc) is 2.89. The van der Waals surface area contributed by atoms with E-state index < -0.39 is 0 Å². The Morgan fingerprint density at radius 1 is 1.48 bits per heavy atom. The second kappa shape index (κ2) is 6.26. The van der Waals surface area contributed by atoms with Crippen LogP contribution >= 0.6 is 0 Å². The number of fused-ring (bicyclic) bond motifs is 1. The maximum absolute atomic E-state index is 11.6. The van der Waals surface area contributed by atoms with Gasteiger partial charge in [-0.2, -0.15) is 9.61 Å². The number of anilines is 1. The number of hydrogen-bond donors (Lipinski definition) is 2. The van der Waals surface area contributed by atoms with Gasteiger partial charge in [-0.15, -0.1) is 5.10 Å². The number of nitrogens with one attached hydrogen (secondary N) is 2. The molecule has 7 nitrogen and oxygen atoms in total. The van der Waals surface area contributed by atoms with E-state index in [0.29, 0.717) is 11.6 Å². The fraction of sp³-hybridized carbons (Fsp3) is 0.643. The van der Waals surface area contributed by atoms with E-state index in [1.165, 1.54) is 17.4 Å². The van der Waals surface area contributed by atoms with Crippen molar-refractivity contribution in [2.75, 3.05) is 31.1 Å². The van der Waals surface area contributed by atoms with Crippen molar-refractivity contribution in [3.05, 3.63) is 22.6 Å². The Hall–Kier alpha value is -1.89. The molecule has 2 aromatic heterocycles. The molecule has 1 aliphatic heterocycles. The summed E-state index contributed by atoms with van der Waals surface area (Å²) in [6.07, 6.45) is 3.58. The molecule has 1 aliphatic rings. The third-order valence-electron chi connectivity index (χ3n) is 3.96. The number of rotatable bonds is 5. The summed E-state index contributed by atoms with van der Waals surface area (Å²) in [5.41, 5.74) is 0.270. The predicted molar refractivity (Wildman–Crippen MR) is 81.7 cm³/mol. The lowest BCUT2D eigenvalue weighted by Gasteiger charge is -2.33. The van der Waals surface area contributed by atoms with Gasteiger partial charge in [-0.3, -0.25) is 0 Å². The lowest BCUT2D eigenvalue weighted by molar-refractivity contribution is 0.390. The molecule has 0 amide bonds. The van der Waals surface area contributed by atoms with E-state index in [-0.39, 0.29) is 5.69 Å². The zero-order valence-electron chi connectivity index (χ0n) is 12.4. The topological polar surface area (TPSA) is 78.3 Å². The highest BCUT2D eigenvalue weighted by Gasteiger charge is 2.21. The van der Waals surface area contributed by atoms with E-state index in [2.05, 4.69) is 32.4 Å². The molecule has 1 fully saturated rings.